The zero-order valence-corrected chi connectivity index (χ0v) is 25.6. The van der Waals surface area contributed by atoms with E-state index < -0.39 is 29.2 Å². The molecule has 5 aliphatic rings. The molecule has 4 aliphatic carbocycles. The molecule has 6 heteroatoms. The maximum absolute atomic E-state index is 14.0. The molecule has 2 aromatic rings. The normalized spacial score (nSPS) is 26.6. The van der Waals surface area contributed by atoms with Gasteiger partial charge < -0.3 is 0 Å². The zero-order valence-electron chi connectivity index (χ0n) is 22.2. The molecule has 38 heavy (non-hydrogen) atoms. The van der Waals surface area contributed by atoms with Crippen molar-refractivity contribution in [1.82, 2.24) is 0 Å². The Morgan fingerprint density at radius 3 is 1.45 bits per heavy atom. The van der Waals surface area contributed by atoms with Gasteiger partial charge >= 0.3 is 232 Å². The van der Waals surface area contributed by atoms with Gasteiger partial charge in [0.15, 0.2) is 0 Å². The van der Waals surface area contributed by atoms with Crippen LogP contribution in [-0.2, 0) is 21.1 Å². The van der Waals surface area contributed by atoms with Crippen molar-refractivity contribution in [2.45, 2.75) is 71.7 Å². The molecule has 1 aliphatic heterocycles. The number of rotatable bonds is 4. The van der Waals surface area contributed by atoms with E-state index in [4.69, 9.17) is 5.63 Å². The van der Waals surface area contributed by atoms with Crippen LogP contribution in [0, 0.1) is 11.6 Å². The predicted octanol–water partition coefficient (Wildman–Crippen LogP) is 9.41. The number of benzene rings is 2. The van der Waals surface area contributed by atoms with Crippen LogP contribution in [0.4, 0.5) is 8.78 Å². The number of allylic oxidation sites excluding steroid dienone is 8. The van der Waals surface area contributed by atoms with Crippen LogP contribution in [0.1, 0.15) is 51.4 Å². The second kappa shape index (κ2) is 9.27. The summed E-state index contributed by atoms with van der Waals surface area (Å²) in [6, 6.07) is 13.0. The van der Waals surface area contributed by atoms with E-state index in [1.54, 1.807) is 45.8 Å². The van der Waals surface area contributed by atoms with E-state index in [0.717, 1.165) is 25.7 Å². The Kier molecular flexibility index (Phi) is 6.09. The molecule has 1 fully saturated rings. The van der Waals surface area contributed by atoms with E-state index in [-0.39, 0.29) is 18.9 Å². The van der Waals surface area contributed by atoms with Crippen LogP contribution in [0.25, 0.3) is 0 Å². The summed E-state index contributed by atoms with van der Waals surface area (Å²) in [6.45, 7) is 5.07. The summed E-state index contributed by atoms with van der Waals surface area (Å²) in [5.41, 5.74) is 6.13. The van der Waals surface area contributed by atoms with E-state index in [1.807, 2.05) is 0 Å². The molecule has 1 saturated heterocycles. The minimum atomic E-state index is -4.34. The van der Waals surface area contributed by atoms with Crippen LogP contribution in [0.5, 0.6) is 11.5 Å². The Bertz CT molecular complexity index is 1310. The van der Waals surface area contributed by atoms with Crippen molar-refractivity contribution in [3.05, 3.63) is 105 Å². The Labute approximate surface area is 230 Å². The van der Waals surface area contributed by atoms with Gasteiger partial charge in [0.05, 0.1) is 0 Å². The van der Waals surface area contributed by atoms with Crippen LogP contribution < -0.4 is 5.63 Å². The van der Waals surface area contributed by atoms with Crippen LogP contribution in [0.2, 0.25) is 20.3 Å². The molecule has 2 unspecified atom stereocenters. The van der Waals surface area contributed by atoms with Crippen LogP contribution >= 0.6 is 0 Å². The molecule has 0 aromatic heterocycles. The third kappa shape index (κ3) is 3.84. The molecule has 0 spiro atoms. The average Bonchev–Trinajstić information content (AvgIpc) is 3.52. The maximum atomic E-state index is 14.0. The summed E-state index contributed by atoms with van der Waals surface area (Å²) in [5, 5.41) is 3.15. The number of hydrogen-bond acceptors (Lipinski definition) is 2. The Balaban J connectivity index is 1.48. The quantitative estimate of drug-likeness (QED) is 0.323. The van der Waals surface area contributed by atoms with Gasteiger partial charge in [0.2, 0.25) is 0 Å². The van der Waals surface area contributed by atoms with Gasteiger partial charge in [-0.25, -0.2) is 0 Å². The third-order valence-corrected chi connectivity index (χ3v) is 24.6. The minimum absolute atomic E-state index is 0.201. The van der Waals surface area contributed by atoms with Crippen molar-refractivity contribution in [1.29, 1.82) is 0 Å². The summed E-state index contributed by atoms with van der Waals surface area (Å²) in [7, 11) is -1.96. The predicted molar refractivity (Wildman–Crippen MR) is 146 cm³/mol. The van der Waals surface area contributed by atoms with Gasteiger partial charge in [0, 0.05) is 0 Å². The molecule has 196 valence electrons. The molecule has 0 radical (unpaired) electrons. The fourth-order valence-electron chi connectivity index (χ4n) is 7.78. The fraction of sp³-hybridized carbons (Fsp3) is 0.375. The third-order valence-electron chi connectivity index (χ3n) is 9.52. The van der Waals surface area contributed by atoms with Crippen LogP contribution in [0.15, 0.2) is 93.4 Å². The first-order valence-corrected chi connectivity index (χ1v) is 22.0. The topological polar surface area (TPSA) is 18.5 Å². The second-order valence-electron chi connectivity index (χ2n) is 12.0. The molecule has 0 N–H and O–H groups in total. The molecule has 0 amide bonds. The SMILES string of the molecule is C[Si]1(C)C2=CC3=C(CCCC3)[CH]2[Zr]([O]c2ccc(F)cc2)([O]c2ccc(F)cc2)[CH]2C1=CC1=C2CCCC1. The van der Waals surface area contributed by atoms with Crippen molar-refractivity contribution in [3.63, 3.8) is 0 Å². The van der Waals surface area contributed by atoms with Gasteiger partial charge in [-0.2, -0.15) is 0 Å². The van der Waals surface area contributed by atoms with E-state index in [0.29, 0.717) is 11.5 Å². The molecule has 7 rings (SSSR count). The number of halogens is 2. The van der Waals surface area contributed by atoms with Crippen molar-refractivity contribution in [2.24, 2.45) is 0 Å². The fourth-order valence-corrected chi connectivity index (χ4v) is 29.8. The first kappa shape index (κ1) is 25.0. The average molecular weight is 608 g/mol. The Hall–Kier alpha value is -2.04. The van der Waals surface area contributed by atoms with Gasteiger partial charge in [0.25, 0.3) is 0 Å². The van der Waals surface area contributed by atoms with Gasteiger partial charge in [-0.15, -0.1) is 0 Å². The van der Waals surface area contributed by atoms with Crippen molar-refractivity contribution in [2.75, 3.05) is 0 Å². The summed E-state index contributed by atoms with van der Waals surface area (Å²) < 4.78 is 43.1. The van der Waals surface area contributed by atoms with Crippen LogP contribution in [-0.4, -0.2) is 8.07 Å². The summed E-state index contributed by atoms with van der Waals surface area (Å²) in [5.74, 6) is 0.851. The molecule has 2 nitrogen and oxygen atoms in total. The van der Waals surface area contributed by atoms with Crippen molar-refractivity contribution in [3.8, 4) is 11.5 Å². The van der Waals surface area contributed by atoms with Gasteiger partial charge in [0.1, 0.15) is 0 Å². The van der Waals surface area contributed by atoms with Gasteiger partial charge in [-0.1, -0.05) is 0 Å². The van der Waals surface area contributed by atoms with E-state index >= 15 is 0 Å². The molecular weight excluding hydrogens is 574 g/mol. The van der Waals surface area contributed by atoms with E-state index in [1.165, 1.54) is 61.1 Å². The summed E-state index contributed by atoms with van der Waals surface area (Å²) in [4.78, 5) is 0. The Morgan fingerprint density at radius 1 is 0.632 bits per heavy atom. The zero-order chi connectivity index (χ0) is 26.1. The van der Waals surface area contributed by atoms with Gasteiger partial charge in [-0.05, 0) is 0 Å². The molecule has 1 heterocycles. The summed E-state index contributed by atoms with van der Waals surface area (Å²) in [6.07, 6.45) is 14.4. The molecule has 2 aromatic carbocycles. The van der Waals surface area contributed by atoms with Gasteiger partial charge in [-0.3, -0.25) is 0 Å². The molecule has 0 bridgehead atoms. The van der Waals surface area contributed by atoms with E-state index in [9.17, 15) is 8.78 Å². The van der Waals surface area contributed by atoms with Crippen LogP contribution in [0.3, 0.4) is 0 Å². The molecular formula is C32H34F2O2SiZr. The number of hydrogen-bond donors (Lipinski definition) is 0. The molecule has 2 atom stereocenters. The van der Waals surface area contributed by atoms with E-state index in [2.05, 4.69) is 25.2 Å². The Morgan fingerprint density at radius 2 is 1.03 bits per heavy atom. The summed E-state index contributed by atoms with van der Waals surface area (Å²) >= 11 is -4.34. The molecule has 0 saturated carbocycles. The second-order valence-corrected chi connectivity index (χ2v) is 23.8. The first-order valence-electron chi connectivity index (χ1n) is 14.1. The standard InChI is InChI=1S/C20H26Si.2C6H5FO.Zr/c1-21(2,19-11-15-7-3-4-8-16(15)12-19)20-13-17-9-5-6-10-18(17)14-20;2*7-5-1-3-6(8)4-2-5;/h11-14H,3-10H2,1-2H3;2*1-4,8H;/q;;;+2/p-2. The first-order chi connectivity index (χ1) is 18.4. The van der Waals surface area contributed by atoms with Crippen molar-refractivity contribution >= 4 is 8.07 Å². The van der Waals surface area contributed by atoms with Crippen molar-refractivity contribution < 1.29 is 35.6 Å². The number of fused-ring (bicyclic) bond motifs is 4. The monoisotopic (exact) mass is 606 g/mol.